The lowest BCUT2D eigenvalue weighted by molar-refractivity contribution is -0.119. The topological polar surface area (TPSA) is 32.3 Å². The summed E-state index contributed by atoms with van der Waals surface area (Å²) in [5.41, 5.74) is 1.95. The Balaban J connectivity index is 2.65. The van der Waals surface area contributed by atoms with Gasteiger partial charge < -0.3 is 10.2 Å². The van der Waals surface area contributed by atoms with Crippen molar-refractivity contribution in [1.82, 2.24) is 5.32 Å². The number of likely N-dealkylation sites (N-methyl/N-ethyl adjacent to an activating group) is 2. The van der Waals surface area contributed by atoms with Crippen molar-refractivity contribution in [2.45, 2.75) is 13.0 Å². The summed E-state index contributed by atoms with van der Waals surface area (Å²) in [6.45, 7) is 1.82. The van der Waals surface area contributed by atoms with E-state index in [0.29, 0.717) is 5.69 Å². The highest BCUT2D eigenvalue weighted by Gasteiger charge is 2.36. The molecule has 0 spiro atoms. The lowest BCUT2D eigenvalue weighted by Gasteiger charge is -2.10. The second-order valence-electron chi connectivity index (χ2n) is 3.80. The largest absolute Gasteiger partial charge is 0.311 e. The van der Waals surface area contributed by atoms with Crippen LogP contribution < -0.4 is 10.2 Å². The standard InChI is InChI=1S/C11H13FN2O/c1-6-4-7-9(13-2)11(15)14(3)10(7)8(12)5-6/h4-5,9,13H,1-3H3. The molecule has 0 radical (unpaired) electrons. The van der Waals surface area contributed by atoms with Gasteiger partial charge in [-0.3, -0.25) is 4.79 Å². The van der Waals surface area contributed by atoms with E-state index in [1.54, 1.807) is 14.1 Å². The highest BCUT2D eigenvalue weighted by Crippen LogP contribution is 2.37. The summed E-state index contributed by atoms with van der Waals surface area (Å²) in [6, 6.07) is 2.88. The Kier molecular flexibility index (Phi) is 2.23. The molecular formula is C11H13FN2O. The Morgan fingerprint density at radius 1 is 1.47 bits per heavy atom. The van der Waals surface area contributed by atoms with Gasteiger partial charge in [0.1, 0.15) is 11.9 Å². The van der Waals surface area contributed by atoms with E-state index in [4.69, 9.17) is 0 Å². The van der Waals surface area contributed by atoms with Crippen molar-refractivity contribution in [3.8, 4) is 0 Å². The molecular weight excluding hydrogens is 195 g/mol. The molecule has 4 heteroatoms. The molecule has 1 aromatic carbocycles. The number of benzene rings is 1. The first-order valence-corrected chi connectivity index (χ1v) is 4.81. The number of aryl methyl sites for hydroxylation is 1. The predicted molar refractivity (Wildman–Crippen MR) is 56.3 cm³/mol. The number of hydrogen-bond acceptors (Lipinski definition) is 2. The maximum atomic E-state index is 13.7. The monoisotopic (exact) mass is 208 g/mol. The number of carbonyl (C=O) groups excluding carboxylic acids is 1. The third-order valence-corrected chi connectivity index (χ3v) is 2.75. The van der Waals surface area contributed by atoms with Crippen LogP contribution >= 0.6 is 0 Å². The van der Waals surface area contributed by atoms with Gasteiger partial charge >= 0.3 is 0 Å². The van der Waals surface area contributed by atoms with E-state index in [2.05, 4.69) is 5.32 Å². The molecule has 15 heavy (non-hydrogen) atoms. The SMILES string of the molecule is CNC1C(=O)N(C)c2c(F)cc(C)cc21. The predicted octanol–water partition coefficient (Wildman–Crippen LogP) is 1.37. The number of carbonyl (C=O) groups is 1. The Labute approximate surface area is 87.9 Å². The van der Waals surface area contributed by atoms with Crippen molar-refractivity contribution >= 4 is 11.6 Å². The maximum absolute atomic E-state index is 13.7. The minimum absolute atomic E-state index is 0.114. The van der Waals surface area contributed by atoms with E-state index in [9.17, 15) is 9.18 Å². The van der Waals surface area contributed by atoms with E-state index < -0.39 is 6.04 Å². The molecule has 1 aliphatic heterocycles. The van der Waals surface area contributed by atoms with Crippen molar-refractivity contribution in [2.75, 3.05) is 19.0 Å². The van der Waals surface area contributed by atoms with Gasteiger partial charge in [-0.05, 0) is 25.6 Å². The Hall–Kier alpha value is -1.42. The summed E-state index contributed by atoms with van der Waals surface area (Å²) in [4.78, 5) is 13.1. The second kappa shape index (κ2) is 3.31. The van der Waals surface area contributed by atoms with E-state index >= 15 is 0 Å². The molecule has 1 N–H and O–H groups in total. The summed E-state index contributed by atoms with van der Waals surface area (Å²) >= 11 is 0. The Bertz CT molecular complexity index is 431. The zero-order valence-electron chi connectivity index (χ0n) is 8.97. The van der Waals surface area contributed by atoms with Gasteiger partial charge in [-0.15, -0.1) is 0 Å². The van der Waals surface area contributed by atoms with Gasteiger partial charge in [0.2, 0.25) is 5.91 Å². The minimum atomic E-state index is -0.417. The Morgan fingerprint density at radius 2 is 2.13 bits per heavy atom. The van der Waals surface area contributed by atoms with Crippen molar-refractivity contribution < 1.29 is 9.18 Å². The number of rotatable bonds is 1. The molecule has 0 aromatic heterocycles. The zero-order chi connectivity index (χ0) is 11.2. The number of amides is 1. The quantitative estimate of drug-likeness (QED) is 0.756. The van der Waals surface area contributed by atoms with Crippen LogP contribution in [0.4, 0.5) is 10.1 Å². The summed E-state index contributed by atoms with van der Waals surface area (Å²) in [7, 11) is 3.29. The highest BCUT2D eigenvalue weighted by atomic mass is 19.1. The first kappa shape index (κ1) is 10.1. The van der Waals surface area contributed by atoms with Gasteiger partial charge in [0.25, 0.3) is 0 Å². The van der Waals surface area contributed by atoms with Gasteiger partial charge in [0, 0.05) is 12.6 Å². The number of nitrogens with one attached hydrogen (secondary N) is 1. The van der Waals surface area contributed by atoms with E-state index in [0.717, 1.165) is 11.1 Å². The van der Waals surface area contributed by atoms with Gasteiger partial charge in [-0.2, -0.15) is 0 Å². The van der Waals surface area contributed by atoms with Crippen LogP contribution in [0.5, 0.6) is 0 Å². The fourth-order valence-electron chi connectivity index (χ4n) is 2.05. The van der Waals surface area contributed by atoms with Crippen LogP contribution in [-0.2, 0) is 4.79 Å². The van der Waals surface area contributed by atoms with Crippen LogP contribution in [0, 0.1) is 12.7 Å². The molecule has 2 rings (SSSR count). The van der Waals surface area contributed by atoms with Crippen molar-refractivity contribution in [2.24, 2.45) is 0 Å². The van der Waals surface area contributed by atoms with E-state index in [1.807, 2.05) is 13.0 Å². The molecule has 3 nitrogen and oxygen atoms in total. The van der Waals surface area contributed by atoms with E-state index in [-0.39, 0.29) is 11.7 Å². The van der Waals surface area contributed by atoms with Crippen LogP contribution in [0.15, 0.2) is 12.1 Å². The van der Waals surface area contributed by atoms with Crippen molar-refractivity contribution in [3.63, 3.8) is 0 Å². The molecule has 0 aliphatic carbocycles. The summed E-state index contributed by atoms with van der Waals surface area (Å²) in [5, 5.41) is 2.90. The van der Waals surface area contributed by atoms with Crippen molar-refractivity contribution in [3.05, 3.63) is 29.1 Å². The number of fused-ring (bicyclic) bond motifs is 1. The van der Waals surface area contributed by atoms with Gasteiger partial charge in [0.05, 0.1) is 5.69 Å². The van der Waals surface area contributed by atoms with E-state index in [1.165, 1.54) is 11.0 Å². The molecule has 1 amide bonds. The third-order valence-electron chi connectivity index (χ3n) is 2.75. The van der Waals surface area contributed by atoms with Gasteiger partial charge in [-0.1, -0.05) is 6.07 Å². The normalized spacial score (nSPS) is 19.6. The fraction of sp³-hybridized carbons (Fsp3) is 0.364. The summed E-state index contributed by atoms with van der Waals surface area (Å²) in [5.74, 6) is -0.449. The smallest absolute Gasteiger partial charge is 0.248 e. The number of hydrogen-bond donors (Lipinski definition) is 1. The summed E-state index contributed by atoms with van der Waals surface area (Å²) < 4.78 is 13.7. The number of halogens is 1. The fourth-order valence-corrected chi connectivity index (χ4v) is 2.05. The van der Waals surface area contributed by atoms with Crippen molar-refractivity contribution in [1.29, 1.82) is 0 Å². The summed E-state index contributed by atoms with van der Waals surface area (Å²) in [6.07, 6.45) is 0. The molecule has 1 heterocycles. The number of nitrogens with zero attached hydrogens (tertiary/aromatic N) is 1. The minimum Gasteiger partial charge on any atom is -0.311 e. The van der Waals surface area contributed by atoms with Gasteiger partial charge in [0.15, 0.2) is 0 Å². The number of anilines is 1. The molecule has 1 unspecified atom stereocenters. The molecule has 1 aromatic rings. The lowest BCUT2D eigenvalue weighted by atomic mass is 10.1. The Morgan fingerprint density at radius 3 is 2.73 bits per heavy atom. The molecule has 1 aliphatic rings. The molecule has 1 atom stereocenters. The zero-order valence-corrected chi connectivity index (χ0v) is 8.97. The average molecular weight is 208 g/mol. The highest BCUT2D eigenvalue weighted by molar-refractivity contribution is 6.04. The molecule has 80 valence electrons. The van der Waals surface area contributed by atoms with Crippen LogP contribution in [0.25, 0.3) is 0 Å². The van der Waals surface area contributed by atoms with Gasteiger partial charge in [-0.25, -0.2) is 4.39 Å². The molecule has 0 saturated heterocycles. The van der Waals surface area contributed by atoms with Crippen LogP contribution in [-0.4, -0.2) is 20.0 Å². The lowest BCUT2D eigenvalue weighted by Crippen LogP contribution is -2.30. The average Bonchev–Trinajstić information content (AvgIpc) is 2.39. The molecule has 0 saturated carbocycles. The molecule has 0 fully saturated rings. The van der Waals surface area contributed by atoms with Crippen LogP contribution in [0.2, 0.25) is 0 Å². The van der Waals surface area contributed by atoms with Crippen LogP contribution in [0.1, 0.15) is 17.2 Å². The maximum Gasteiger partial charge on any atom is 0.248 e. The first-order chi connectivity index (χ1) is 7.06. The first-order valence-electron chi connectivity index (χ1n) is 4.81. The van der Waals surface area contributed by atoms with Crippen LogP contribution in [0.3, 0.4) is 0 Å². The second-order valence-corrected chi connectivity index (χ2v) is 3.80. The molecule has 0 bridgehead atoms. The third kappa shape index (κ3) is 1.33.